The van der Waals surface area contributed by atoms with Crippen LogP contribution in [-0.2, 0) is 0 Å². The number of rotatable bonds is 5. The van der Waals surface area contributed by atoms with Gasteiger partial charge in [0.15, 0.2) is 0 Å². The standard InChI is InChI=1S/C19H18BF2N5/c1-26(2)16-11-9-15(10-12-16)18(25-19-23-13-6-14-24-19)27(20(21)22)17-7-4-3-5-8-17/h3-14H,1-2H3/b25-18+. The maximum atomic E-state index is 14.0. The van der Waals surface area contributed by atoms with Crippen LogP contribution >= 0.6 is 0 Å². The van der Waals surface area contributed by atoms with Crippen molar-refractivity contribution in [2.24, 2.45) is 4.99 Å². The van der Waals surface area contributed by atoms with Crippen LogP contribution in [-0.4, -0.2) is 37.3 Å². The van der Waals surface area contributed by atoms with E-state index in [9.17, 15) is 8.63 Å². The Morgan fingerprint density at radius 1 is 0.852 bits per heavy atom. The molecule has 0 spiro atoms. The molecule has 0 atom stereocenters. The van der Waals surface area contributed by atoms with Gasteiger partial charge in [-0.3, -0.25) is 8.63 Å². The fourth-order valence-corrected chi connectivity index (χ4v) is 2.53. The van der Waals surface area contributed by atoms with Gasteiger partial charge >= 0.3 is 7.40 Å². The first-order chi connectivity index (χ1) is 13.1. The first-order valence-electron chi connectivity index (χ1n) is 8.32. The second-order valence-electron chi connectivity index (χ2n) is 5.91. The van der Waals surface area contributed by atoms with E-state index in [0.717, 1.165) is 10.5 Å². The van der Waals surface area contributed by atoms with Gasteiger partial charge in [0.05, 0.1) is 0 Å². The van der Waals surface area contributed by atoms with E-state index < -0.39 is 7.40 Å². The van der Waals surface area contributed by atoms with Gasteiger partial charge in [0.25, 0.3) is 5.95 Å². The van der Waals surface area contributed by atoms with Crippen LogP contribution < -0.4 is 9.71 Å². The Morgan fingerprint density at radius 2 is 1.48 bits per heavy atom. The number of amidine groups is 1. The summed E-state index contributed by atoms with van der Waals surface area (Å²) in [5.41, 5.74) is 1.83. The molecule has 0 fully saturated rings. The van der Waals surface area contributed by atoms with Gasteiger partial charge in [0.2, 0.25) is 0 Å². The van der Waals surface area contributed by atoms with E-state index >= 15 is 0 Å². The van der Waals surface area contributed by atoms with Gasteiger partial charge in [-0.15, -0.1) is 0 Å². The Morgan fingerprint density at radius 3 is 2.04 bits per heavy atom. The number of hydrogen-bond acceptors (Lipinski definition) is 4. The predicted octanol–water partition coefficient (Wildman–Crippen LogP) is 4.05. The topological polar surface area (TPSA) is 44.6 Å². The lowest BCUT2D eigenvalue weighted by Crippen LogP contribution is -2.39. The fourth-order valence-electron chi connectivity index (χ4n) is 2.53. The van der Waals surface area contributed by atoms with Crippen molar-refractivity contribution in [2.75, 3.05) is 23.8 Å². The lowest BCUT2D eigenvalue weighted by Gasteiger charge is -2.24. The summed E-state index contributed by atoms with van der Waals surface area (Å²) in [4.78, 5) is 15.2. The van der Waals surface area contributed by atoms with Crippen LogP contribution in [0.15, 0.2) is 78.0 Å². The normalized spacial score (nSPS) is 11.2. The van der Waals surface area contributed by atoms with Crippen LogP contribution in [0.4, 0.5) is 26.0 Å². The molecular weight excluding hydrogens is 347 g/mol. The monoisotopic (exact) mass is 365 g/mol. The highest BCUT2D eigenvalue weighted by Crippen LogP contribution is 2.23. The van der Waals surface area contributed by atoms with Gasteiger partial charge in [-0.2, -0.15) is 4.99 Å². The molecular formula is C19H18BF2N5. The van der Waals surface area contributed by atoms with Crippen molar-refractivity contribution in [3.05, 3.63) is 78.6 Å². The second kappa shape index (κ2) is 8.40. The lowest BCUT2D eigenvalue weighted by atomic mass is 10.0. The molecule has 0 amide bonds. The van der Waals surface area contributed by atoms with Crippen LogP contribution in [0.1, 0.15) is 5.56 Å². The zero-order valence-corrected chi connectivity index (χ0v) is 15.0. The molecule has 2 aromatic carbocycles. The largest absolute Gasteiger partial charge is 0.679 e. The van der Waals surface area contributed by atoms with E-state index in [2.05, 4.69) is 15.0 Å². The van der Waals surface area contributed by atoms with Crippen molar-refractivity contribution >= 4 is 30.6 Å². The molecule has 0 saturated carbocycles. The number of hydrogen-bond donors (Lipinski definition) is 0. The Balaban J connectivity index is 2.13. The highest BCUT2D eigenvalue weighted by molar-refractivity contribution is 6.56. The third kappa shape index (κ3) is 4.47. The third-order valence-electron chi connectivity index (χ3n) is 3.86. The van der Waals surface area contributed by atoms with Gasteiger partial charge < -0.3 is 9.71 Å². The maximum Gasteiger partial charge on any atom is 0.679 e. The van der Waals surface area contributed by atoms with E-state index in [0.29, 0.717) is 11.3 Å². The van der Waals surface area contributed by atoms with Crippen LogP contribution in [0.5, 0.6) is 0 Å². The Hall–Kier alpha value is -3.29. The molecule has 0 aliphatic carbocycles. The quantitative estimate of drug-likeness (QED) is 0.389. The third-order valence-corrected chi connectivity index (χ3v) is 3.86. The summed E-state index contributed by atoms with van der Waals surface area (Å²) in [5, 5.41) is 0. The first-order valence-corrected chi connectivity index (χ1v) is 8.32. The summed E-state index contributed by atoms with van der Waals surface area (Å²) in [5.74, 6) is 0.193. The summed E-state index contributed by atoms with van der Waals surface area (Å²) in [6, 6.07) is 17.3. The molecule has 0 aliphatic heterocycles. The molecule has 0 bridgehead atoms. The summed E-state index contributed by atoms with van der Waals surface area (Å²) >= 11 is 0. The highest BCUT2D eigenvalue weighted by atomic mass is 19.2. The molecule has 5 nitrogen and oxygen atoms in total. The van der Waals surface area contributed by atoms with Crippen LogP contribution in [0.25, 0.3) is 0 Å². The summed E-state index contributed by atoms with van der Waals surface area (Å²) < 4.78 is 28.1. The molecule has 1 heterocycles. The van der Waals surface area contributed by atoms with Crippen molar-refractivity contribution < 1.29 is 8.63 Å². The molecule has 1 aromatic heterocycles. The average Bonchev–Trinajstić information content (AvgIpc) is 2.69. The summed E-state index contributed by atoms with van der Waals surface area (Å²) in [7, 11) is 1.04. The Kier molecular flexibility index (Phi) is 5.75. The molecule has 0 aliphatic rings. The van der Waals surface area contributed by atoms with Crippen molar-refractivity contribution in [1.82, 2.24) is 9.97 Å². The minimum atomic E-state index is -2.79. The van der Waals surface area contributed by atoms with E-state index in [1.807, 2.05) is 31.1 Å². The number of halogens is 2. The van der Waals surface area contributed by atoms with E-state index in [4.69, 9.17) is 0 Å². The molecule has 3 rings (SSSR count). The minimum absolute atomic E-state index is 0.0766. The lowest BCUT2D eigenvalue weighted by molar-refractivity contribution is 0.659. The predicted molar refractivity (Wildman–Crippen MR) is 106 cm³/mol. The molecule has 27 heavy (non-hydrogen) atoms. The highest BCUT2D eigenvalue weighted by Gasteiger charge is 2.31. The van der Waals surface area contributed by atoms with E-state index in [-0.39, 0.29) is 11.8 Å². The molecule has 0 saturated heterocycles. The Labute approximate surface area is 157 Å². The number of nitrogens with zero attached hydrogens (tertiary/aromatic N) is 5. The summed E-state index contributed by atoms with van der Waals surface area (Å²) in [6.45, 7) is 0. The smallest absolute Gasteiger partial charge is 0.378 e. The number of para-hydroxylation sites is 1. The van der Waals surface area contributed by atoms with Crippen LogP contribution in [0, 0.1) is 0 Å². The molecule has 8 heteroatoms. The first kappa shape index (κ1) is 18.5. The van der Waals surface area contributed by atoms with Crippen LogP contribution in [0.2, 0.25) is 0 Å². The summed E-state index contributed by atoms with van der Waals surface area (Å²) in [6.07, 6.45) is 3.04. The maximum absolute atomic E-state index is 14.0. The van der Waals surface area contributed by atoms with E-state index in [1.165, 1.54) is 12.4 Å². The molecule has 0 radical (unpaired) electrons. The zero-order valence-electron chi connectivity index (χ0n) is 15.0. The molecule has 0 N–H and O–H groups in total. The average molecular weight is 365 g/mol. The van der Waals surface area contributed by atoms with Crippen molar-refractivity contribution in [3.63, 3.8) is 0 Å². The van der Waals surface area contributed by atoms with Crippen LogP contribution in [0.3, 0.4) is 0 Å². The Bertz CT molecular complexity index is 887. The molecule has 3 aromatic rings. The number of aromatic nitrogens is 2. The van der Waals surface area contributed by atoms with Crippen molar-refractivity contribution in [2.45, 2.75) is 0 Å². The van der Waals surface area contributed by atoms with Gasteiger partial charge in [-0.05, 0) is 42.5 Å². The fraction of sp³-hybridized carbons (Fsp3) is 0.105. The van der Waals surface area contributed by atoms with Gasteiger partial charge in [-0.1, -0.05) is 18.2 Å². The second-order valence-corrected chi connectivity index (χ2v) is 5.91. The zero-order chi connectivity index (χ0) is 19.2. The van der Waals surface area contributed by atoms with Gasteiger partial charge in [0, 0.05) is 43.4 Å². The van der Waals surface area contributed by atoms with Crippen molar-refractivity contribution in [1.29, 1.82) is 0 Å². The molecule has 136 valence electrons. The number of aliphatic imine (C=N–C) groups is 1. The SMILES string of the molecule is CN(C)c1ccc(/C(=N\c2ncccn2)N(B(F)F)c2ccccc2)cc1. The number of benzene rings is 2. The van der Waals surface area contributed by atoms with E-state index in [1.54, 1.807) is 48.5 Å². The van der Waals surface area contributed by atoms with Crippen molar-refractivity contribution in [3.8, 4) is 0 Å². The number of anilines is 2. The molecule has 0 unspecified atom stereocenters. The minimum Gasteiger partial charge on any atom is -0.378 e. The van der Waals surface area contributed by atoms with Gasteiger partial charge in [-0.25, -0.2) is 9.97 Å². The van der Waals surface area contributed by atoms with Gasteiger partial charge in [0.1, 0.15) is 5.84 Å².